The van der Waals surface area contributed by atoms with E-state index in [9.17, 15) is 22.8 Å². The van der Waals surface area contributed by atoms with Crippen molar-refractivity contribution in [3.05, 3.63) is 89.5 Å². The Morgan fingerprint density at radius 3 is 2.32 bits per heavy atom. The first-order chi connectivity index (χ1) is 19.6. The maximum absolute atomic E-state index is 13.5. The van der Waals surface area contributed by atoms with Gasteiger partial charge in [0.05, 0.1) is 6.54 Å². The number of benzene rings is 3. The molecule has 0 spiro atoms. The summed E-state index contributed by atoms with van der Waals surface area (Å²) in [5.41, 5.74) is 14.9. The third kappa shape index (κ3) is 8.37. The molecule has 41 heavy (non-hydrogen) atoms. The van der Waals surface area contributed by atoms with E-state index in [0.717, 1.165) is 25.0 Å². The molecule has 3 amide bonds. The number of urea groups is 1. The van der Waals surface area contributed by atoms with Crippen molar-refractivity contribution in [3.8, 4) is 5.75 Å². The molecular formula is C29H29F3N6O3. The first-order valence-corrected chi connectivity index (χ1v) is 13.0. The molecular weight excluding hydrogens is 537 g/mol. The summed E-state index contributed by atoms with van der Waals surface area (Å²) in [6.45, 7) is 0.0925. The topological polar surface area (TPSA) is 133 Å². The highest BCUT2D eigenvalue weighted by atomic mass is 19.4. The smallest absolute Gasteiger partial charge is 0.406 e. The minimum absolute atomic E-state index is 0.0925. The van der Waals surface area contributed by atoms with Crippen molar-refractivity contribution in [1.82, 2.24) is 0 Å². The van der Waals surface area contributed by atoms with Gasteiger partial charge in [-0.2, -0.15) is 4.99 Å². The number of alkyl halides is 3. The number of anilines is 2. The molecule has 3 aromatic carbocycles. The summed E-state index contributed by atoms with van der Waals surface area (Å²) in [6, 6.07) is 18.5. The average Bonchev–Trinajstić information content (AvgIpc) is 2.96. The Hall–Kier alpha value is -4.74. The van der Waals surface area contributed by atoms with Crippen molar-refractivity contribution in [2.45, 2.75) is 50.9 Å². The number of ether oxygens (including phenoxy) is 1. The van der Waals surface area contributed by atoms with Gasteiger partial charge in [0.2, 0.25) is 5.96 Å². The van der Waals surface area contributed by atoms with E-state index in [2.05, 4.69) is 20.2 Å². The highest BCUT2D eigenvalue weighted by molar-refractivity contribution is 6.03. The van der Waals surface area contributed by atoms with Gasteiger partial charge in [0, 0.05) is 23.0 Å². The molecule has 0 aromatic heterocycles. The summed E-state index contributed by atoms with van der Waals surface area (Å²) >= 11 is 0. The van der Waals surface area contributed by atoms with E-state index in [1.165, 1.54) is 54.0 Å². The van der Waals surface area contributed by atoms with Crippen LogP contribution in [0.4, 0.5) is 29.3 Å². The number of carbonyl (C=O) groups excluding carboxylic acids is 2. The maximum atomic E-state index is 13.5. The third-order valence-electron chi connectivity index (χ3n) is 6.72. The molecule has 1 aliphatic carbocycles. The Morgan fingerprint density at radius 2 is 1.68 bits per heavy atom. The van der Waals surface area contributed by atoms with E-state index < -0.39 is 30.0 Å². The first-order valence-electron chi connectivity index (χ1n) is 13.0. The fourth-order valence-corrected chi connectivity index (χ4v) is 4.73. The minimum Gasteiger partial charge on any atom is -0.406 e. The number of nitrogens with one attached hydrogen (secondary N) is 2. The Morgan fingerprint density at radius 1 is 1.00 bits per heavy atom. The normalized spacial score (nSPS) is 14.3. The number of carbonyl (C=O) groups is 2. The number of aliphatic imine (C=N–C) groups is 1. The first kappa shape index (κ1) is 29.2. The standard InChI is InChI=1S/C29H29F3N6O3/c30-29(31,32)41-25-8-4-7-23(17-25)35-28(40)38(24-15-13-21(14-16-24)20-5-2-1-3-6-20)18-19-9-11-22(12-10-19)26(39)36-27(33)37-34/h4,7-17,20,34H,1-3,5-6,18H2,(H,35,40)(H2,33,36,39). The van der Waals surface area contributed by atoms with E-state index in [0.29, 0.717) is 17.2 Å². The van der Waals surface area contributed by atoms with Crippen molar-refractivity contribution < 1.29 is 27.5 Å². The summed E-state index contributed by atoms with van der Waals surface area (Å²) in [7, 11) is 0. The summed E-state index contributed by atoms with van der Waals surface area (Å²) in [5.74, 6) is -1.12. The predicted molar refractivity (Wildman–Crippen MR) is 148 cm³/mol. The van der Waals surface area contributed by atoms with Crippen LogP contribution < -0.4 is 20.7 Å². The predicted octanol–water partition coefficient (Wildman–Crippen LogP) is 7.36. The fourth-order valence-electron chi connectivity index (χ4n) is 4.73. The molecule has 0 saturated heterocycles. The minimum atomic E-state index is -4.87. The second-order valence-electron chi connectivity index (χ2n) is 9.60. The van der Waals surface area contributed by atoms with Gasteiger partial charge in [0.15, 0.2) is 0 Å². The van der Waals surface area contributed by atoms with Gasteiger partial charge in [-0.25, -0.2) is 10.3 Å². The van der Waals surface area contributed by atoms with Gasteiger partial charge in [0.25, 0.3) is 5.91 Å². The molecule has 4 rings (SSSR count). The molecule has 4 N–H and O–H groups in total. The molecule has 214 valence electrons. The van der Waals surface area contributed by atoms with Crippen LogP contribution in [0, 0.1) is 5.53 Å². The van der Waals surface area contributed by atoms with E-state index in [-0.39, 0.29) is 17.8 Å². The van der Waals surface area contributed by atoms with E-state index in [1.54, 1.807) is 12.1 Å². The van der Waals surface area contributed by atoms with E-state index in [4.69, 9.17) is 11.3 Å². The van der Waals surface area contributed by atoms with Crippen LogP contribution in [0.2, 0.25) is 0 Å². The highest BCUT2D eigenvalue weighted by Crippen LogP contribution is 2.34. The molecule has 0 aliphatic heterocycles. The van der Waals surface area contributed by atoms with Crippen LogP contribution in [-0.2, 0) is 6.54 Å². The number of halogens is 3. The Kier molecular flexibility index (Phi) is 9.33. The average molecular weight is 567 g/mol. The zero-order valence-corrected chi connectivity index (χ0v) is 22.0. The molecule has 0 radical (unpaired) electrons. The summed E-state index contributed by atoms with van der Waals surface area (Å²) < 4.78 is 42.0. The van der Waals surface area contributed by atoms with Gasteiger partial charge < -0.3 is 15.8 Å². The maximum Gasteiger partial charge on any atom is 0.573 e. The number of nitrogens with two attached hydrogens (primary N) is 1. The van der Waals surface area contributed by atoms with Crippen molar-refractivity contribution >= 4 is 29.3 Å². The molecule has 0 heterocycles. The number of guanidine groups is 1. The molecule has 12 heteroatoms. The van der Waals surface area contributed by atoms with Crippen LogP contribution >= 0.6 is 0 Å². The molecule has 1 fully saturated rings. The van der Waals surface area contributed by atoms with Crippen LogP contribution in [-0.4, -0.2) is 24.3 Å². The van der Waals surface area contributed by atoms with Crippen LogP contribution in [0.15, 0.2) is 82.9 Å². The van der Waals surface area contributed by atoms with Crippen LogP contribution in [0.5, 0.6) is 5.75 Å². The van der Waals surface area contributed by atoms with Gasteiger partial charge >= 0.3 is 12.4 Å². The lowest BCUT2D eigenvalue weighted by Gasteiger charge is -2.26. The van der Waals surface area contributed by atoms with Crippen LogP contribution in [0.1, 0.15) is 59.5 Å². The molecule has 0 unspecified atom stereocenters. The van der Waals surface area contributed by atoms with Crippen molar-refractivity contribution in [3.63, 3.8) is 0 Å². The lowest BCUT2D eigenvalue weighted by molar-refractivity contribution is -0.274. The summed E-state index contributed by atoms with van der Waals surface area (Å²) in [4.78, 5) is 30.6. The van der Waals surface area contributed by atoms with Gasteiger partial charge in [-0.3, -0.25) is 9.69 Å². The highest BCUT2D eigenvalue weighted by Gasteiger charge is 2.31. The van der Waals surface area contributed by atoms with E-state index in [1.807, 2.05) is 24.3 Å². The molecule has 3 aromatic rings. The van der Waals surface area contributed by atoms with Crippen molar-refractivity contribution in [2.75, 3.05) is 10.2 Å². The van der Waals surface area contributed by atoms with Crippen LogP contribution in [0.25, 0.3) is 0 Å². The quantitative estimate of drug-likeness (QED) is 0.157. The lowest BCUT2D eigenvalue weighted by atomic mass is 9.84. The number of nitrogens with zero attached hydrogens (tertiary/aromatic N) is 3. The Balaban J connectivity index is 1.57. The monoisotopic (exact) mass is 566 g/mol. The van der Waals surface area contributed by atoms with Gasteiger partial charge in [-0.05, 0) is 66.3 Å². The van der Waals surface area contributed by atoms with Crippen molar-refractivity contribution in [2.24, 2.45) is 15.8 Å². The van der Waals surface area contributed by atoms with Crippen LogP contribution in [0.3, 0.4) is 0 Å². The van der Waals surface area contributed by atoms with E-state index >= 15 is 0 Å². The Bertz CT molecular complexity index is 1400. The molecule has 1 saturated carbocycles. The summed E-state index contributed by atoms with van der Waals surface area (Å²) in [5, 5.41) is 5.55. The lowest BCUT2D eigenvalue weighted by Crippen LogP contribution is -2.34. The second-order valence-corrected chi connectivity index (χ2v) is 9.60. The molecule has 1 aliphatic rings. The van der Waals surface area contributed by atoms with Gasteiger partial charge in [0.1, 0.15) is 5.75 Å². The second kappa shape index (κ2) is 13.1. The number of amides is 3. The Labute approximate surface area is 234 Å². The van der Waals surface area contributed by atoms with Crippen molar-refractivity contribution in [1.29, 1.82) is 5.53 Å². The molecule has 0 bridgehead atoms. The SMILES string of the molecule is N=NC(N)=NC(=O)c1ccc(CN(C(=O)Nc2cccc(OC(F)(F)F)c2)c2ccc(C3CCCCC3)cc2)cc1. The number of hydrogen-bond acceptors (Lipinski definition) is 4. The fraction of sp³-hybridized carbons (Fsp3) is 0.276. The number of rotatable bonds is 7. The molecule has 9 nitrogen and oxygen atoms in total. The zero-order chi connectivity index (χ0) is 29.4. The third-order valence-corrected chi connectivity index (χ3v) is 6.72. The number of hydrogen-bond donors (Lipinski definition) is 3. The zero-order valence-electron chi connectivity index (χ0n) is 22.0. The largest absolute Gasteiger partial charge is 0.573 e. The molecule has 0 atom stereocenters. The summed E-state index contributed by atoms with van der Waals surface area (Å²) in [6.07, 6.45) is 0.989. The van der Waals surface area contributed by atoms with Gasteiger partial charge in [-0.15, -0.1) is 18.3 Å². The van der Waals surface area contributed by atoms with Gasteiger partial charge in [-0.1, -0.05) is 49.6 Å².